The molecule has 0 unspecified atom stereocenters. The van der Waals surface area contributed by atoms with Crippen molar-refractivity contribution in [3.05, 3.63) is 11.5 Å². The van der Waals surface area contributed by atoms with Crippen LogP contribution in [0.3, 0.4) is 0 Å². The lowest BCUT2D eigenvalue weighted by atomic mass is 10.2. The Balaban J connectivity index is 3.64. The highest BCUT2D eigenvalue weighted by Gasteiger charge is 2.36. The van der Waals surface area contributed by atoms with E-state index in [1.807, 2.05) is 0 Å². The third-order valence-corrected chi connectivity index (χ3v) is 7.16. The maximum Gasteiger partial charge on any atom is 0.500 e. The van der Waals surface area contributed by atoms with E-state index in [1.54, 1.807) is 38.5 Å². The fourth-order valence-corrected chi connectivity index (χ4v) is 4.66. The number of thioether (sulfide) groups is 1. The van der Waals surface area contributed by atoms with Crippen LogP contribution in [0.1, 0.15) is 45.4 Å². The van der Waals surface area contributed by atoms with Gasteiger partial charge in [-0.25, -0.2) is 4.79 Å². The van der Waals surface area contributed by atoms with Crippen molar-refractivity contribution in [1.29, 1.82) is 0 Å². The summed E-state index contributed by atoms with van der Waals surface area (Å²) in [6.07, 6.45) is 8.17. The number of esters is 1. The van der Waals surface area contributed by atoms with Gasteiger partial charge in [0.15, 0.2) is 0 Å². The van der Waals surface area contributed by atoms with E-state index >= 15 is 0 Å². The van der Waals surface area contributed by atoms with E-state index in [2.05, 4.69) is 6.92 Å². The summed E-state index contributed by atoms with van der Waals surface area (Å²) in [6, 6.07) is 0.763. The Morgan fingerprint density at radius 3 is 2.26 bits per heavy atom. The summed E-state index contributed by atoms with van der Waals surface area (Å²) in [5.41, 5.74) is 0. The maximum absolute atomic E-state index is 11.5. The second kappa shape index (κ2) is 15.2. The predicted molar refractivity (Wildman–Crippen MR) is 97.5 cm³/mol. The normalized spacial score (nSPS) is 12.0. The molecule has 0 fully saturated rings. The van der Waals surface area contributed by atoms with Crippen LogP contribution in [0.5, 0.6) is 0 Å². The molecule has 23 heavy (non-hydrogen) atoms. The second-order valence-corrected chi connectivity index (χ2v) is 9.26. The van der Waals surface area contributed by atoms with E-state index in [0.29, 0.717) is 6.61 Å². The molecule has 0 saturated heterocycles. The topological polar surface area (TPSA) is 54.0 Å². The molecule has 0 amide bonds. The minimum atomic E-state index is -2.46. The molecule has 0 aliphatic carbocycles. The number of unbranched alkanes of at least 4 members (excludes halogenated alkanes) is 4. The van der Waals surface area contributed by atoms with E-state index in [9.17, 15) is 4.79 Å². The van der Waals surface area contributed by atoms with Gasteiger partial charge in [-0.3, -0.25) is 0 Å². The molecular weight excluding hydrogens is 332 g/mol. The van der Waals surface area contributed by atoms with Gasteiger partial charge < -0.3 is 18.0 Å². The summed E-state index contributed by atoms with van der Waals surface area (Å²) in [4.78, 5) is 11.5. The molecule has 0 radical (unpaired) electrons. The van der Waals surface area contributed by atoms with Crippen LogP contribution in [0.15, 0.2) is 11.5 Å². The summed E-state index contributed by atoms with van der Waals surface area (Å²) < 4.78 is 21.2. The Hall–Kier alpha value is -0.343. The first kappa shape index (κ1) is 22.7. The molecule has 0 aromatic carbocycles. The lowest BCUT2D eigenvalue weighted by Gasteiger charge is -2.23. The van der Waals surface area contributed by atoms with Crippen LogP contribution < -0.4 is 0 Å². The van der Waals surface area contributed by atoms with Gasteiger partial charge in [0, 0.05) is 33.4 Å². The van der Waals surface area contributed by atoms with Crippen LogP contribution in [0.25, 0.3) is 0 Å². The van der Waals surface area contributed by atoms with Crippen molar-refractivity contribution in [3.8, 4) is 0 Å². The summed E-state index contributed by atoms with van der Waals surface area (Å²) in [7, 11) is 2.39. The van der Waals surface area contributed by atoms with Gasteiger partial charge in [0.1, 0.15) is 0 Å². The number of ether oxygens (including phenoxy) is 1. The highest BCUT2D eigenvalue weighted by molar-refractivity contribution is 8.02. The highest BCUT2D eigenvalue weighted by atomic mass is 32.2. The van der Waals surface area contributed by atoms with Crippen LogP contribution >= 0.6 is 11.8 Å². The minimum Gasteiger partial charge on any atom is -0.463 e. The molecule has 0 aromatic heterocycles. The van der Waals surface area contributed by atoms with E-state index in [-0.39, 0.29) is 5.97 Å². The molecule has 136 valence electrons. The first-order valence-corrected chi connectivity index (χ1v) is 11.2. The SMILES string of the molecule is CCCCCCCOC(=O)/C=C\SCCC[Si](OC)(OC)OC. The molecule has 0 aliphatic heterocycles. The van der Waals surface area contributed by atoms with Gasteiger partial charge in [0.05, 0.1) is 6.61 Å². The molecule has 0 aliphatic rings. The third kappa shape index (κ3) is 11.8. The quantitative estimate of drug-likeness (QED) is 0.189. The van der Waals surface area contributed by atoms with Gasteiger partial charge in [-0.15, -0.1) is 11.8 Å². The Bertz CT molecular complexity index is 313. The number of rotatable bonds is 15. The van der Waals surface area contributed by atoms with Crippen LogP contribution in [0.2, 0.25) is 6.04 Å². The zero-order chi connectivity index (χ0) is 17.4. The fourth-order valence-electron chi connectivity index (χ4n) is 2.03. The van der Waals surface area contributed by atoms with Crippen molar-refractivity contribution in [3.63, 3.8) is 0 Å². The van der Waals surface area contributed by atoms with Crippen molar-refractivity contribution in [2.45, 2.75) is 51.5 Å². The average Bonchev–Trinajstić information content (AvgIpc) is 2.58. The molecule has 0 aromatic rings. The minimum absolute atomic E-state index is 0.262. The number of hydrogen-bond donors (Lipinski definition) is 0. The van der Waals surface area contributed by atoms with Crippen LogP contribution in [0, 0.1) is 0 Å². The summed E-state index contributed by atoms with van der Waals surface area (Å²) >= 11 is 1.58. The van der Waals surface area contributed by atoms with Gasteiger partial charge in [-0.05, 0) is 24.0 Å². The van der Waals surface area contributed by atoms with Crippen molar-refractivity contribution in [2.75, 3.05) is 33.7 Å². The summed E-state index contributed by atoms with van der Waals surface area (Å²) in [6.45, 7) is 2.70. The first-order valence-electron chi connectivity index (χ1n) is 8.24. The number of carbonyl (C=O) groups excluding carboxylic acids is 1. The average molecular weight is 365 g/mol. The Kier molecular flexibility index (Phi) is 15.0. The van der Waals surface area contributed by atoms with Gasteiger partial charge >= 0.3 is 14.8 Å². The molecule has 0 bridgehead atoms. The molecule has 0 atom stereocenters. The van der Waals surface area contributed by atoms with Gasteiger partial charge in [0.2, 0.25) is 0 Å². The third-order valence-electron chi connectivity index (χ3n) is 3.47. The molecule has 0 saturated carbocycles. The fraction of sp³-hybridized carbons (Fsp3) is 0.812. The summed E-state index contributed by atoms with van der Waals surface area (Å²) in [5, 5.41) is 1.79. The van der Waals surface area contributed by atoms with E-state index in [4.69, 9.17) is 18.0 Å². The van der Waals surface area contributed by atoms with Gasteiger partial charge in [-0.2, -0.15) is 0 Å². The van der Waals surface area contributed by atoms with Crippen molar-refractivity contribution in [1.82, 2.24) is 0 Å². The molecule has 0 N–H and O–H groups in total. The van der Waals surface area contributed by atoms with Gasteiger partial charge in [-0.1, -0.05) is 32.6 Å². The molecule has 5 nitrogen and oxygen atoms in total. The molecule has 0 rings (SSSR count). The van der Waals surface area contributed by atoms with Gasteiger partial charge in [0.25, 0.3) is 0 Å². The zero-order valence-electron chi connectivity index (χ0n) is 15.0. The highest BCUT2D eigenvalue weighted by Crippen LogP contribution is 2.17. The van der Waals surface area contributed by atoms with Crippen LogP contribution in [0.4, 0.5) is 0 Å². The largest absolute Gasteiger partial charge is 0.500 e. The van der Waals surface area contributed by atoms with E-state index in [0.717, 1.165) is 31.1 Å². The standard InChI is InChI=1S/C16H32O5SSi/c1-5-6-7-8-9-12-21-16(17)11-14-22-13-10-15-23(18-2,19-3)20-4/h11,14H,5-10,12-13,15H2,1-4H3/b14-11-. The lowest BCUT2D eigenvalue weighted by molar-refractivity contribution is -0.137. The van der Waals surface area contributed by atoms with Crippen molar-refractivity contribution < 1.29 is 22.8 Å². The molecule has 7 heteroatoms. The van der Waals surface area contributed by atoms with Crippen molar-refractivity contribution >= 4 is 26.5 Å². The lowest BCUT2D eigenvalue weighted by Crippen LogP contribution is -2.42. The van der Waals surface area contributed by atoms with Crippen LogP contribution in [-0.4, -0.2) is 48.5 Å². The molecule has 0 spiro atoms. The number of carbonyl (C=O) groups is 1. The maximum atomic E-state index is 11.5. The Morgan fingerprint density at radius 2 is 1.65 bits per heavy atom. The molecule has 0 heterocycles. The first-order chi connectivity index (χ1) is 11.1. The smallest absolute Gasteiger partial charge is 0.463 e. The predicted octanol–water partition coefficient (Wildman–Crippen LogP) is 4.02. The zero-order valence-corrected chi connectivity index (χ0v) is 16.8. The summed E-state index contributed by atoms with van der Waals surface area (Å²) in [5.74, 6) is 0.619. The monoisotopic (exact) mass is 364 g/mol. The molecular formula is C16H32O5SSi. The Morgan fingerprint density at radius 1 is 1.00 bits per heavy atom. The Labute approximate surface area is 146 Å². The second-order valence-electron chi connectivity index (χ2n) is 5.15. The van der Waals surface area contributed by atoms with Crippen LogP contribution in [-0.2, 0) is 22.8 Å². The van der Waals surface area contributed by atoms with E-state index < -0.39 is 8.80 Å². The van der Waals surface area contributed by atoms with E-state index in [1.165, 1.54) is 25.3 Å². The number of hydrogen-bond acceptors (Lipinski definition) is 6. The van der Waals surface area contributed by atoms with Crippen molar-refractivity contribution in [2.24, 2.45) is 0 Å².